The van der Waals surface area contributed by atoms with Crippen molar-refractivity contribution in [1.82, 2.24) is 4.90 Å². The molecule has 0 aliphatic carbocycles. The zero-order chi connectivity index (χ0) is 12.3. The van der Waals surface area contributed by atoms with Gasteiger partial charge in [0, 0.05) is 6.04 Å². The van der Waals surface area contributed by atoms with Crippen molar-refractivity contribution in [3.63, 3.8) is 0 Å². The van der Waals surface area contributed by atoms with Crippen LogP contribution in [0.2, 0.25) is 0 Å². The molecule has 2 rings (SSSR count). The highest BCUT2D eigenvalue weighted by atomic mass is 16.5. The van der Waals surface area contributed by atoms with E-state index in [0.29, 0.717) is 12.6 Å². The Bertz CT molecular complexity index is 388. The van der Waals surface area contributed by atoms with Gasteiger partial charge < -0.3 is 14.7 Å². The maximum absolute atomic E-state index is 10.7. The minimum Gasteiger partial charge on any atom is -0.492 e. The van der Waals surface area contributed by atoms with Gasteiger partial charge in [0.05, 0.1) is 5.56 Å². The van der Waals surface area contributed by atoms with Gasteiger partial charge in [0.2, 0.25) is 0 Å². The molecule has 1 aromatic carbocycles. The van der Waals surface area contributed by atoms with Gasteiger partial charge in [0.15, 0.2) is 0 Å². The number of carboxylic acids is 1. The Kier molecular flexibility index (Phi) is 3.64. The van der Waals surface area contributed by atoms with Gasteiger partial charge in [-0.05, 0) is 50.7 Å². The summed E-state index contributed by atoms with van der Waals surface area (Å²) < 4.78 is 5.66. The predicted molar refractivity (Wildman–Crippen MR) is 64.5 cm³/mol. The van der Waals surface area contributed by atoms with E-state index in [1.165, 1.54) is 12.8 Å². The van der Waals surface area contributed by atoms with Crippen molar-refractivity contribution in [3.8, 4) is 5.75 Å². The van der Waals surface area contributed by atoms with Gasteiger partial charge in [-0.2, -0.15) is 0 Å². The first-order valence-corrected chi connectivity index (χ1v) is 5.83. The summed E-state index contributed by atoms with van der Waals surface area (Å²) in [5, 5.41) is 8.77. The van der Waals surface area contributed by atoms with Gasteiger partial charge in [0.1, 0.15) is 12.4 Å². The number of likely N-dealkylation sites (tertiary alicyclic amines) is 1. The standard InChI is InChI=1S/C13H17NO3/c1-14-8-2-3-11(14)9-17-12-6-4-10(5-7-12)13(15)16/h4-7,11H,2-3,8-9H2,1H3,(H,15,16)/t11-/m0/s1. The van der Waals surface area contributed by atoms with Crippen molar-refractivity contribution >= 4 is 5.97 Å². The van der Waals surface area contributed by atoms with Crippen molar-refractivity contribution in [2.75, 3.05) is 20.2 Å². The van der Waals surface area contributed by atoms with E-state index in [0.717, 1.165) is 12.3 Å². The Morgan fingerprint density at radius 3 is 2.71 bits per heavy atom. The molecule has 0 unspecified atom stereocenters. The smallest absolute Gasteiger partial charge is 0.335 e. The first-order valence-electron chi connectivity index (χ1n) is 5.83. The number of carbonyl (C=O) groups is 1. The van der Waals surface area contributed by atoms with Crippen LogP contribution in [0.1, 0.15) is 23.2 Å². The van der Waals surface area contributed by atoms with Crippen LogP contribution in [-0.2, 0) is 0 Å². The predicted octanol–water partition coefficient (Wildman–Crippen LogP) is 1.86. The average molecular weight is 235 g/mol. The van der Waals surface area contributed by atoms with Crippen LogP contribution in [0.4, 0.5) is 0 Å². The van der Waals surface area contributed by atoms with Crippen LogP contribution in [0.3, 0.4) is 0 Å². The van der Waals surface area contributed by atoms with Crippen LogP contribution < -0.4 is 4.74 Å². The minimum absolute atomic E-state index is 0.287. The molecule has 1 N–H and O–H groups in total. The first-order chi connectivity index (χ1) is 8.16. The molecule has 0 spiro atoms. The number of hydrogen-bond donors (Lipinski definition) is 1. The maximum atomic E-state index is 10.7. The second-order valence-electron chi connectivity index (χ2n) is 4.42. The molecule has 1 aliphatic rings. The molecular formula is C13H17NO3. The zero-order valence-electron chi connectivity index (χ0n) is 9.93. The highest BCUT2D eigenvalue weighted by Gasteiger charge is 2.21. The number of rotatable bonds is 4. The Balaban J connectivity index is 1.88. The van der Waals surface area contributed by atoms with Crippen molar-refractivity contribution in [1.29, 1.82) is 0 Å². The SMILES string of the molecule is CN1CCC[C@H]1COc1ccc(C(=O)O)cc1. The summed E-state index contributed by atoms with van der Waals surface area (Å²) in [5.74, 6) is -0.178. The lowest BCUT2D eigenvalue weighted by Crippen LogP contribution is -2.30. The molecule has 1 aromatic rings. The third-order valence-corrected chi connectivity index (χ3v) is 3.22. The molecule has 17 heavy (non-hydrogen) atoms. The van der Waals surface area contributed by atoms with Gasteiger partial charge in [-0.15, -0.1) is 0 Å². The van der Waals surface area contributed by atoms with E-state index in [9.17, 15) is 4.79 Å². The number of hydrogen-bond acceptors (Lipinski definition) is 3. The third kappa shape index (κ3) is 2.97. The fraction of sp³-hybridized carbons (Fsp3) is 0.462. The fourth-order valence-corrected chi connectivity index (χ4v) is 2.08. The lowest BCUT2D eigenvalue weighted by Gasteiger charge is -2.19. The Morgan fingerprint density at radius 2 is 2.18 bits per heavy atom. The number of nitrogens with zero attached hydrogens (tertiary/aromatic N) is 1. The van der Waals surface area contributed by atoms with Crippen molar-refractivity contribution in [2.45, 2.75) is 18.9 Å². The molecule has 0 radical (unpaired) electrons. The van der Waals surface area contributed by atoms with Crippen LogP contribution in [0, 0.1) is 0 Å². The number of ether oxygens (including phenoxy) is 1. The zero-order valence-corrected chi connectivity index (χ0v) is 9.93. The normalized spacial score (nSPS) is 20.4. The summed E-state index contributed by atoms with van der Waals surface area (Å²) in [6, 6.07) is 7.03. The van der Waals surface area contributed by atoms with Gasteiger partial charge >= 0.3 is 5.97 Å². The monoisotopic (exact) mass is 235 g/mol. The van der Waals surface area contributed by atoms with E-state index < -0.39 is 5.97 Å². The third-order valence-electron chi connectivity index (χ3n) is 3.22. The summed E-state index contributed by atoms with van der Waals surface area (Å²) in [6.07, 6.45) is 2.40. The Morgan fingerprint density at radius 1 is 1.47 bits per heavy atom. The number of likely N-dealkylation sites (N-methyl/N-ethyl adjacent to an activating group) is 1. The van der Waals surface area contributed by atoms with Crippen LogP contribution in [0.5, 0.6) is 5.75 Å². The van der Waals surface area contributed by atoms with E-state index in [2.05, 4.69) is 11.9 Å². The van der Waals surface area contributed by atoms with Crippen LogP contribution in [0.15, 0.2) is 24.3 Å². The van der Waals surface area contributed by atoms with Gasteiger partial charge in [-0.1, -0.05) is 0 Å². The van der Waals surface area contributed by atoms with E-state index in [4.69, 9.17) is 9.84 Å². The van der Waals surface area contributed by atoms with E-state index >= 15 is 0 Å². The molecule has 0 aromatic heterocycles. The van der Waals surface area contributed by atoms with E-state index in [1.54, 1.807) is 24.3 Å². The average Bonchev–Trinajstić information content (AvgIpc) is 2.73. The number of carboxylic acid groups (broad SMARTS) is 1. The molecule has 1 atom stereocenters. The molecule has 4 nitrogen and oxygen atoms in total. The lowest BCUT2D eigenvalue weighted by atomic mass is 10.2. The number of benzene rings is 1. The quantitative estimate of drug-likeness (QED) is 0.865. The van der Waals surface area contributed by atoms with Gasteiger partial charge in [-0.25, -0.2) is 4.79 Å². The topological polar surface area (TPSA) is 49.8 Å². The molecular weight excluding hydrogens is 218 g/mol. The maximum Gasteiger partial charge on any atom is 0.335 e. The Labute approximate surface area is 101 Å². The summed E-state index contributed by atoms with van der Waals surface area (Å²) in [5.41, 5.74) is 0.287. The highest BCUT2D eigenvalue weighted by Crippen LogP contribution is 2.17. The second-order valence-corrected chi connectivity index (χ2v) is 4.42. The van der Waals surface area contributed by atoms with Crippen LogP contribution in [-0.4, -0.2) is 42.2 Å². The molecule has 1 saturated heterocycles. The van der Waals surface area contributed by atoms with Crippen LogP contribution in [0.25, 0.3) is 0 Å². The highest BCUT2D eigenvalue weighted by molar-refractivity contribution is 5.87. The van der Waals surface area contributed by atoms with Gasteiger partial charge in [0.25, 0.3) is 0 Å². The number of aromatic carboxylic acids is 1. The molecule has 0 amide bonds. The largest absolute Gasteiger partial charge is 0.492 e. The summed E-state index contributed by atoms with van der Waals surface area (Å²) >= 11 is 0. The summed E-state index contributed by atoms with van der Waals surface area (Å²) in [7, 11) is 2.11. The molecule has 1 aliphatic heterocycles. The summed E-state index contributed by atoms with van der Waals surface area (Å²) in [4.78, 5) is 13.0. The van der Waals surface area contributed by atoms with Crippen LogP contribution >= 0.6 is 0 Å². The fourth-order valence-electron chi connectivity index (χ4n) is 2.08. The molecule has 92 valence electrons. The Hall–Kier alpha value is -1.55. The first kappa shape index (κ1) is 11.9. The van der Waals surface area contributed by atoms with Crippen molar-refractivity contribution in [3.05, 3.63) is 29.8 Å². The van der Waals surface area contributed by atoms with Gasteiger partial charge in [-0.3, -0.25) is 0 Å². The molecule has 0 saturated carbocycles. The molecule has 1 fully saturated rings. The van der Waals surface area contributed by atoms with E-state index in [1.807, 2.05) is 0 Å². The lowest BCUT2D eigenvalue weighted by molar-refractivity contribution is 0.0697. The van der Waals surface area contributed by atoms with Crippen molar-refractivity contribution in [2.24, 2.45) is 0 Å². The second kappa shape index (κ2) is 5.19. The van der Waals surface area contributed by atoms with Crippen molar-refractivity contribution < 1.29 is 14.6 Å². The van der Waals surface area contributed by atoms with E-state index in [-0.39, 0.29) is 5.56 Å². The molecule has 0 bridgehead atoms. The summed E-state index contributed by atoms with van der Waals surface area (Å²) in [6.45, 7) is 1.80. The molecule has 1 heterocycles. The molecule has 4 heteroatoms. The minimum atomic E-state index is -0.910.